The summed E-state index contributed by atoms with van der Waals surface area (Å²) in [7, 11) is 1.52. The SMILES string of the molecule is COCCOc1nc(-c2cccc(C(F)(F)F)c2)n(-c2ccc(NC(=O)c3ccccc3C)cc2)n1. The lowest BCUT2D eigenvalue weighted by atomic mass is 10.1. The molecular weight excluding hydrogens is 473 g/mol. The second-order valence-corrected chi connectivity index (χ2v) is 7.87. The maximum atomic E-state index is 13.3. The highest BCUT2D eigenvalue weighted by atomic mass is 19.4. The van der Waals surface area contributed by atoms with Crippen LogP contribution in [-0.4, -0.2) is 41.0 Å². The molecule has 1 amide bonds. The van der Waals surface area contributed by atoms with Gasteiger partial charge in [0.05, 0.1) is 17.9 Å². The molecule has 0 bridgehead atoms. The Hall–Kier alpha value is -4.18. The summed E-state index contributed by atoms with van der Waals surface area (Å²) < 4.78 is 51.7. The van der Waals surface area contributed by atoms with E-state index in [1.807, 2.05) is 19.1 Å². The van der Waals surface area contributed by atoms with Crippen LogP contribution in [0, 0.1) is 6.92 Å². The molecule has 0 saturated carbocycles. The number of nitrogens with zero attached hydrogens (tertiary/aromatic N) is 3. The van der Waals surface area contributed by atoms with E-state index in [0.29, 0.717) is 23.5 Å². The van der Waals surface area contributed by atoms with E-state index in [1.54, 1.807) is 36.4 Å². The highest BCUT2D eigenvalue weighted by molar-refractivity contribution is 6.05. The first-order valence-corrected chi connectivity index (χ1v) is 11.0. The first-order valence-electron chi connectivity index (χ1n) is 11.0. The summed E-state index contributed by atoms with van der Waals surface area (Å²) in [6, 6.07) is 18.8. The van der Waals surface area contributed by atoms with Gasteiger partial charge in [0.15, 0.2) is 5.82 Å². The van der Waals surface area contributed by atoms with Crippen molar-refractivity contribution in [2.75, 3.05) is 25.6 Å². The Morgan fingerprint density at radius 2 is 1.75 bits per heavy atom. The van der Waals surface area contributed by atoms with Crippen molar-refractivity contribution < 1.29 is 27.4 Å². The van der Waals surface area contributed by atoms with Gasteiger partial charge >= 0.3 is 12.2 Å². The number of hydrogen-bond donors (Lipinski definition) is 1. The van der Waals surface area contributed by atoms with Crippen molar-refractivity contribution in [2.45, 2.75) is 13.1 Å². The lowest BCUT2D eigenvalue weighted by Gasteiger charge is -2.11. The molecular formula is C26H23F3N4O3. The second-order valence-electron chi connectivity index (χ2n) is 7.87. The van der Waals surface area contributed by atoms with E-state index < -0.39 is 11.7 Å². The lowest BCUT2D eigenvalue weighted by Crippen LogP contribution is -2.13. The molecule has 0 aliphatic rings. The molecule has 0 unspecified atom stereocenters. The molecule has 4 rings (SSSR count). The topological polar surface area (TPSA) is 78.3 Å². The van der Waals surface area contributed by atoms with Crippen molar-refractivity contribution in [2.24, 2.45) is 0 Å². The number of ether oxygens (including phenoxy) is 2. The number of methoxy groups -OCH3 is 1. The fourth-order valence-electron chi connectivity index (χ4n) is 3.48. The summed E-state index contributed by atoms with van der Waals surface area (Å²) in [5.41, 5.74) is 1.89. The zero-order chi connectivity index (χ0) is 25.7. The number of hydrogen-bond acceptors (Lipinski definition) is 5. The van der Waals surface area contributed by atoms with Gasteiger partial charge in [-0.1, -0.05) is 30.3 Å². The van der Waals surface area contributed by atoms with Gasteiger partial charge in [-0.3, -0.25) is 4.79 Å². The van der Waals surface area contributed by atoms with Crippen molar-refractivity contribution in [3.63, 3.8) is 0 Å². The van der Waals surface area contributed by atoms with Gasteiger partial charge in [0, 0.05) is 23.9 Å². The number of benzene rings is 3. The van der Waals surface area contributed by atoms with Gasteiger partial charge in [-0.25, -0.2) is 4.68 Å². The average Bonchev–Trinajstić information content (AvgIpc) is 3.29. The van der Waals surface area contributed by atoms with Crippen LogP contribution in [0.5, 0.6) is 6.01 Å². The Morgan fingerprint density at radius 3 is 2.44 bits per heavy atom. The van der Waals surface area contributed by atoms with Gasteiger partial charge in [-0.2, -0.15) is 18.2 Å². The standard InChI is InChI=1S/C26H23F3N4O3/c1-17-6-3-4-9-22(17)24(34)30-20-10-12-21(13-11-20)33-23(31-25(32-33)36-15-14-35-2)18-7-5-8-19(16-18)26(27,28)29/h3-13,16H,14-15H2,1-2H3,(H,30,34). The predicted octanol–water partition coefficient (Wildman–Crippen LogP) is 5.54. The normalized spacial score (nSPS) is 11.4. The van der Waals surface area contributed by atoms with E-state index in [2.05, 4.69) is 15.4 Å². The van der Waals surface area contributed by atoms with Crippen LogP contribution in [0.15, 0.2) is 72.8 Å². The fourth-order valence-corrected chi connectivity index (χ4v) is 3.48. The van der Waals surface area contributed by atoms with Crippen LogP contribution in [0.4, 0.5) is 18.9 Å². The van der Waals surface area contributed by atoms with Crippen molar-refractivity contribution in [1.82, 2.24) is 14.8 Å². The zero-order valence-electron chi connectivity index (χ0n) is 19.5. The number of amides is 1. The van der Waals surface area contributed by atoms with Crippen molar-refractivity contribution in [3.8, 4) is 23.1 Å². The van der Waals surface area contributed by atoms with Gasteiger partial charge in [-0.15, -0.1) is 5.10 Å². The Balaban J connectivity index is 1.65. The molecule has 10 heteroatoms. The Labute approximate surface area is 205 Å². The lowest BCUT2D eigenvalue weighted by molar-refractivity contribution is -0.137. The molecule has 0 radical (unpaired) electrons. The number of carbonyl (C=O) groups is 1. The van der Waals surface area contributed by atoms with E-state index in [0.717, 1.165) is 17.7 Å². The number of carbonyl (C=O) groups excluding carboxylic acids is 1. The summed E-state index contributed by atoms with van der Waals surface area (Å²) in [6.07, 6.45) is -4.50. The van der Waals surface area contributed by atoms with E-state index in [4.69, 9.17) is 9.47 Å². The minimum absolute atomic E-state index is 0.00334. The minimum Gasteiger partial charge on any atom is -0.460 e. The summed E-state index contributed by atoms with van der Waals surface area (Å²) in [6.45, 7) is 2.32. The predicted molar refractivity (Wildman–Crippen MR) is 128 cm³/mol. The summed E-state index contributed by atoms with van der Waals surface area (Å²) in [5, 5.41) is 7.17. The highest BCUT2D eigenvalue weighted by Crippen LogP contribution is 2.33. The number of anilines is 1. The summed E-state index contributed by atoms with van der Waals surface area (Å²) >= 11 is 0. The highest BCUT2D eigenvalue weighted by Gasteiger charge is 2.31. The van der Waals surface area contributed by atoms with Crippen molar-refractivity contribution in [3.05, 3.63) is 89.5 Å². The Morgan fingerprint density at radius 1 is 1.00 bits per heavy atom. The second kappa shape index (κ2) is 10.6. The zero-order valence-corrected chi connectivity index (χ0v) is 19.5. The smallest absolute Gasteiger partial charge is 0.416 e. The quantitative estimate of drug-likeness (QED) is 0.324. The molecule has 0 spiro atoms. The molecule has 0 atom stereocenters. The molecule has 0 fully saturated rings. The number of alkyl halides is 3. The van der Waals surface area contributed by atoms with Crippen LogP contribution in [0.3, 0.4) is 0 Å². The number of rotatable bonds is 8. The van der Waals surface area contributed by atoms with Gasteiger partial charge in [-0.05, 0) is 55.0 Å². The summed E-state index contributed by atoms with van der Waals surface area (Å²) in [5.74, 6) is -0.0784. The van der Waals surface area contributed by atoms with Gasteiger partial charge in [0.2, 0.25) is 0 Å². The van der Waals surface area contributed by atoms with Crippen LogP contribution >= 0.6 is 0 Å². The van der Waals surface area contributed by atoms with Crippen LogP contribution in [-0.2, 0) is 10.9 Å². The summed E-state index contributed by atoms with van der Waals surface area (Å²) in [4.78, 5) is 16.9. The largest absolute Gasteiger partial charge is 0.460 e. The molecule has 0 aliphatic heterocycles. The average molecular weight is 496 g/mol. The van der Waals surface area contributed by atoms with E-state index in [1.165, 1.54) is 23.9 Å². The van der Waals surface area contributed by atoms with Crippen LogP contribution in [0.25, 0.3) is 17.1 Å². The van der Waals surface area contributed by atoms with E-state index >= 15 is 0 Å². The first kappa shape index (κ1) is 24.9. The first-order chi connectivity index (χ1) is 17.3. The molecule has 1 N–H and O–H groups in total. The molecule has 3 aromatic carbocycles. The number of halogens is 3. The fraction of sp³-hybridized carbons (Fsp3) is 0.192. The molecule has 1 heterocycles. The minimum atomic E-state index is -4.50. The van der Waals surface area contributed by atoms with Crippen molar-refractivity contribution >= 4 is 11.6 Å². The molecule has 186 valence electrons. The van der Waals surface area contributed by atoms with E-state index in [9.17, 15) is 18.0 Å². The molecule has 36 heavy (non-hydrogen) atoms. The van der Waals surface area contributed by atoms with Crippen LogP contribution in [0.1, 0.15) is 21.5 Å². The van der Waals surface area contributed by atoms with E-state index in [-0.39, 0.29) is 29.9 Å². The Kier molecular flexibility index (Phi) is 7.35. The number of nitrogens with one attached hydrogen (secondary N) is 1. The molecule has 7 nitrogen and oxygen atoms in total. The maximum Gasteiger partial charge on any atom is 0.416 e. The van der Waals surface area contributed by atoms with Crippen molar-refractivity contribution in [1.29, 1.82) is 0 Å². The third-order valence-electron chi connectivity index (χ3n) is 5.31. The van der Waals surface area contributed by atoms with Crippen LogP contribution < -0.4 is 10.1 Å². The monoisotopic (exact) mass is 496 g/mol. The number of aryl methyl sites for hydroxylation is 1. The van der Waals surface area contributed by atoms with Gasteiger partial charge < -0.3 is 14.8 Å². The molecule has 0 aliphatic carbocycles. The molecule has 0 saturated heterocycles. The Bertz CT molecular complexity index is 1350. The third-order valence-corrected chi connectivity index (χ3v) is 5.31. The number of aromatic nitrogens is 3. The van der Waals surface area contributed by atoms with Crippen LogP contribution in [0.2, 0.25) is 0 Å². The van der Waals surface area contributed by atoms with Gasteiger partial charge in [0.25, 0.3) is 5.91 Å². The molecule has 4 aromatic rings. The maximum absolute atomic E-state index is 13.3. The molecule has 1 aromatic heterocycles. The third kappa shape index (κ3) is 5.72. The van der Waals surface area contributed by atoms with Gasteiger partial charge in [0.1, 0.15) is 6.61 Å².